The van der Waals surface area contributed by atoms with Crippen LogP contribution < -0.4 is 10.0 Å². The van der Waals surface area contributed by atoms with Crippen LogP contribution in [0.5, 0.6) is 0 Å². The highest BCUT2D eigenvalue weighted by Crippen LogP contribution is 2.21. The van der Waals surface area contributed by atoms with E-state index in [9.17, 15) is 13.2 Å². The molecule has 1 amide bonds. The van der Waals surface area contributed by atoms with E-state index >= 15 is 0 Å². The van der Waals surface area contributed by atoms with Crippen LogP contribution in [0.2, 0.25) is 0 Å². The van der Waals surface area contributed by atoms with Crippen LogP contribution in [0.1, 0.15) is 25.8 Å². The van der Waals surface area contributed by atoms with E-state index in [1.165, 1.54) is 6.07 Å². The number of rotatable bonds is 4. The van der Waals surface area contributed by atoms with Gasteiger partial charge in [-0.05, 0) is 25.5 Å². The van der Waals surface area contributed by atoms with Gasteiger partial charge in [0.25, 0.3) is 10.0 Å². The molecule has 1 heterocycles. The Labute approximate surface area is 118 Å². The van der Waals surface area contributed by atoms with E-state index in [1.54, 1.807) is 18.2 Å². The third-order valence-corrected chi connectivity index (χ3v) is 4.46. The summed E-state index contributed by atoms with van der Waals surface area (Å²) in [7, 11) is -3.54. The van der Waals surface area contributed by atoms with Crippen LogP contribution in [0.15, 0.2) is 34.2 Å². The summed E-state index contributed by atoms with van der Waals surface area (Å²) in [5, 5.41) is 2.77. The van der Waals surface area contributed by atoms with Crippen LogP contribution in [-0.2, 0) is 14.8 Å². The number of sulfonamides is 1. The molecule has 0 saturated heterocycles. The molecule has 20 heavy (non-hydrogen) atoms. The highest BCUT2D eigenvalue weighted by atomic mass is 32.2. The van der Waals surface area contributed by atoms with Crippen LogP contribution in [0.3, 0.4) is 0 Å². The van der Waals surface area contributed by atoms with E-state index in [2.05, 4.69) is 15.0 Å². The molecule has 0 spiro atoms. The predicted octanol–water partition coefficient (Wildman–Crippen LogP) is 0.640. The van der Waals surface area contributed by atoms with Gasteiger partial charge in [0, 0.05) is 11.6 Å². The first-order valence-corrected chi connectivity index (χ1v) is 7.88. The van der Waals surface area contributed by atoms with E-state index in [0.717, 1.165) is 6.42 Å². The summed E-state index contributed by atoms with van der Waals surface area (Å²) >= 11 is 0. The van der Waals surface area contributed by atoms with Crippen molar-refractivity contribution in [3.8, 4) is 0 Å². The van der Waals surface area contributed by atoms with Crippen LogP contribution >= 0.6 is 0 Å². The van der Waals surface area contributed by atoms with E-state index in [-0.39, 0.29) is 29.2 Å². The average Bonchev–Trinajstić information content (AvgIpc) is 2.68. The van der Waals surface area contributed by atoms with Crippen molar-refractivity contribution in [1.29, 1.82) is 0 Å². The smallest absolute Gasteiger partial charge is 0.263 e. The summed E-state index contributed by atoms with van der Waals surface area (Å²) in [6, 6.07) is 6.64. The van der Waals surface area contributed by atoms with Gasteiger partial charge in [-0.3, -0.25) is 14.5 Å². The molecule has 1 unspecified atom stereocenters. The molecule has 1 aliphatic rings. The number of benzene rings is 1. The Bertz CT molecular complexity index is 653. The maximum atomic E-state index is 11.8. The lowest BCUT2D eigenvalue weighted by Crippen LogP contribution is -2.34. The van der Waals surface area contributed by atoms with Gasteiger partial charge < -0.3 is 5.32 Å². The van der Waals surface area contributed by atoms with Crippen LogP contribution in [-0.4, -0.2) is 32.7 Å². The summed E-state index contributed by atoms with van der Waals surface area (Å²) in [5.74, 6) is -0.00432. The zero-order valence-electron chi connectivity index (χ0n) is 11.4. The average molecular weight is 295 g/mol. The summed E-state index contributed by atoms with van der Waals surface area (Å²) in [6.45, 7) is 3.77. The summed E-state index contributed by atoms with van der Waals surface area (Å²) in [6.07, 6.45) is 0.831. The van der Waals surface area contributed by atoms with E-state index in [1.807, 2.05) is 13.8 Å². The monoisotopic (exact) mass is 295 g/mol. The molecule has 0 aliphatic carbocycles. The molecule has 0 fully saturated rings. The molecular weight excluding hydrogens is 278 g/mol. The number of aliphatic imine (C=N–C) groups is 1. The van der Waals surface area contributed by atoms with Gasteiger partial charge in [0.05, 0.1) is 4.90 Å². The summed E-state index contributed by atoms with van der Waals surface area (Å²) < 4.78 is 26.0. The molecule has 2 rings (SSSR count). The molecule has 0 aromatic heterocycles. The lowest BCUT2D eigenvalue weighted by Gasteiger charge is -2.09. The minimum Gasteiger partial charge on any atom is -0.352 e. The van der Waals surface area contributed by atoms with Gasteiger partial charge in [-0.15, -0.1) is 0 Å². The minimum atomic E-state index is -3.54. The molecule has 108 valence electrons. The number of amides is 1. The molecule has 0 radical (unpaired) electrons. The second-order valence-corrected chi connectivity index (χ2v) is 6.29. The molecule has 7 heteroatoms. The van der Waals surface area contributed by atoms with Crippen molar-refractivity contribution in [3.63, 3.8) is 0 Å². The number of carbonyl (C=O) groups excluding carboxylic acids is 1. The van der Waals surface area contributed by atoms with Gasteiger partial charge >= 0.3 is 0 Å². The van der Waals surface area contributed by atoms with Crippen molar-refractivity contribution in [2.24, 2.45) is 4.99 Å². The molecule has 1 aromatic rings. The van der Waals surface area contributed by atoms with Crippen LogP contribution in [0.4, 0.5) is 0 Å². The highest BCUT2D eigenvalue weighted by Gasteiger charge is 2.30. The normalized spacial score (nSPS) is 19.2. The molecule has 1 aromatic carbocycles. The Morgan fingerprint density at radius 3 is 2.80 bits per heavy atom. The lowest BCUT2D eigenvalue weighted by atomic mass is 10.2. The van der Waals surface area contributed by atoms with Crippen molar-refractivity contribution >= 4 is 21.8 Å². The fourth-order valence-electron chi connectivity index (χ4n) is 1.82. The standard InChI is InChI=1S/C13H17N3O3S/c1-3-9(2)15-12(17)8-14-13-10-6-4-5-7-11(10)20(18,19)16-13/h4-7,9H,3,8H2,1-2H3,(H,14,16)(H,15,17). The Hall–Kier alpha value is -1.89. The molecule has 0 saturated carbocycles. The zero-order valence-corrected chi connectivity index (χ0v) is 12.2. The quantitative estimate of drug-likeness (QED) is 0.854. The van der Waals surface area contributed by atoms with Gasteiger partial charge in [-0.1, -0.05) is 19.1 Å². The fraction of sp³-hybridized carbons (Fsp3) is 0.385. The number of amidine groups is 1. The number of nitrogens with zero attached hydrogens (tertiary/aromatic N) is 1. The van der Waals surface area contributed by atoms with Crippen LogP contribution in [0, 0.1) is 0 Å². The summed E-state index contributed by atoms with van der Waals surface area (Å²) in [5.41, 5.74) is 0.504. The SMILES string of the molecule is CCC(C)NC(=O)CN=C1NS(=O)(=O)c2ccccc21. The van der Waals surface area contributed by atoms with Gasteiger partial charge in [0.1, 0.15) is 12.4 Å². The molecule has 2 N–H and O–H groups in total. The maximum absolute atomic E-state index is 11.8. The van der Waals surface area contributed by atoms with E-state index < -0.39 is 10.0 Å². The first-order valence-electron chi connectivity index (χ1n) is 6.40. The first kappa shape index (κ1) is 14.5. The number of nitrogens with one attached hydrogen (secondary N) is 2. The van der Waals surface area contributed by atoms with Crippen molar-refractivity contribution in [2.45, 2.75) is 31.2 Å². The fourth-order valence-corrected chi connectivity index (χ4v) is 3.08. The topological polar surface area (TPSA) is 87.6 Å². The second kappa shape index (κ2) is 5.62. The van der Waals surface area contributed by atoms with Gasteiger partial charge in [-0.25, -0.2) is 8.42 Å². The predicted molar refractivity (Wildman–Crippen MR) is 76.1 cm³/mol. The largest absolute Gasteiger partial charge is 0.352 e. The minimum absolute atomic E-state index is 0.0789. The molecule has 1 atom stereocenters. The van der Waals surface area contributed by atoms with Gasteiger partial charge in [0.15, 0.2) is 0 Å². The maximum Gasteiger partial charge on any atom is 0.263 e. The van der Waals surface area contributed by atoms with E-state index in [0.29, 0.717) is 5.56 Å². The second-order valence-electron chi connectivity index (χ2n) is 4.64. The van der Waals surface area contributed by atoms with E-state index in [4.69, 9.17) is 0 Å². The number of hydrogen-bond acceptors (Lipinski definition) is 4. The lowest BCUT2D eigenvalue weighted by molar-refractivity contribution is -0.120. The Morgan fingerprint density at radius 2 is 2.10 bits per heavy atom. The van der Waals surface area contributed by atoms with Crippen molar-refractivity contribution < 1.29 is 13.2 Å². The Morgan fingerprint density at radius 1 is 1.40 bits per heavy atom. The molecule has 6 nitrogen and oxygen atoms in total. The van der Waals surface area contributed by atoms with Gasteiger partial charge in [-0.2, -0.15) is 0 Å². The number of fused-ring (bicyclic) bond motifs is 1. The van der Waals surface area contributed by atoms with Crippen molar-refractivity contribution in [2.75, 3.05) is 6.54 Å². The van der Waals surface area contributed by atoms with Crippen molar-refractivity contribution in [3.05, 3.63) is 29.8 Å². The third-order valence-electron chi connectivity index (χ3n) is 3.06. The number of carbonyl (C=O) groups is 1. The molecule has 1 aliphatic heterocycles. The van der Waals surface area contributed by atoms with Crippen LogP contribution in [0.25, 0.3) is 0 Å². The van der Waals surface area contributed by atoms with Gasteiger partial charge in [0.2, 0.25) is 5.91 Å². The summed E-state index contributed by atoms with van der Waals surface area (Å²) in [4.78, 5) is 15.9. The highest BCUT2D eigenvalue weighted by molar-refractivity contribution is 7.90. The zero-order chi connectivity index (χ0) is 14.8. The molecule has 0 bridgehead atoms. The number of hydrogen-bond donors (Lipinski definition) is 2. The first-order chi connectivity index (χ1) is 9.44. The molecular formula is C13H17N3O3S. The Kier molecular flexibility index (Phi) is 4.08. The van der Waals surface area contributed by atoms with Crippen molar-refractivity contribution in [1.82, 2.24) is 10.0 Å². The third kappa shape index (κ3) is 2.98. The Balaban J connectivity index is 2.16.